The van der Waals surface area contributed by atoms with E-state index < -0.39 is 12.1 Å². The number of aliphatic imine (C=N–C) groups is 1. The Labute approximate surface area is 150 Å². The lowest BCUT2D eigenvalue weighted by molar-refractivity contribution is -0.130. The molecular formula is C18H18N2O4S. The third-order valence-corrected chi connectivity index (χ3v) is 5.69. The van der Waals surface area contributed by atoms with Crippen molar-refractivity contribution in [2.75, 3.05) is 20.3 Å². The highest BCUT2D eigenvalue weighted by Gasteiger charge is 2.50. The predicted molar refractivity (Wildman–Crippen MR) is 93.1 cm³/mol. The number of carbonyl (C=O) groups is 2. The Morgan fingerprint density at radius 3 is 2.88 bits per heavy atom. The van der Waals surface area contributed by atoms with Gasteiger partial charge in [-0.25, -0.2) is 14.7 Å². The molecule has 2 unspecified atom stereocenters. The summed E-state index contributed by atoms with van der Waals surface area (Å²) in [5.74, 6) is 1.24. The molecule has 5 rings (SSSR count). The van der Waals surface area contributed by atoms with Crippen LogP contribution in [0.1, 0.15) is 35.8 Å². The normalized spacial score (nSPS) is 27.5. The van der Waals surface area contributed by atoms with E-state index >= 15 is 0 Å². The van der Waals surface area contributed by atoms with Crippen LogP contribution in [-0.4, -0.2) is 48.4 Å². The first-order chi connectivity index (χ1) is 12.1. The fraction of sp³-hybridized carbons (Fsp3) is 0.500. The molecule has 7 heteroatoms. The lowest BCUT2D eigenvalue weighted by Gasteiger charge is -2.49. The second kappa shape index (κ2) is 6.24. The molecule has 4 aliphatic rings. The molecule has 1 saturated carbocycles. The van der Waals surface area contributed by atoms with E-state index in [1.807, 2.05) is 12.1 Å². The first-order valence-electron chi connectivity index (χ1n) is 8.37. The quantitative estimate of drug-likeness (QED) is 0.611. The van der Waals surface area contributed by atoms with Crippen molar-refractivity contribution in [3.8, 4) is 5.75 Å². The number of cyclic esters (lactones) is 1. The van der Waals surface area contributed by atoms with Crippen LogP contribution in [0.4, 0.5) is 4.79 Å². The van der Waals surface area contributed by atoms with Crippen molar-refractivity contribution >= 4 is 29.4 Å². The number of nitrogens with zero attached hydrogens (tertiary/aromatic N) is 2. The third-order valence-electron chi connectivity index (χ3n) is 5.59. The average Bonchev–Trinajstić information content (AvgIpc) is 3.02. The summed E-state index contributed by atoms with van der Waals surface area (Å²) in [5.41, 5.74) is 2.32. The second-order valence-corrected chi connectivity index (χ2v) is 6.90. The lowest BCUT2D eigenvalue weighted by Crippen LogP contribution is -2.47. The monoisotopic (exact) mass is 358 g/mol. The van der Waals surface area contributed by atoms with Crippen LogP contribution in [0.15, 0.2) is 23.2 Å². The molecular weight excluding hydrogens is 340 g/mol. The Morgan fingerprint density at radius 2 is 2.24 bits per heavy atom. The van der Waals surface area contributed by atoms with Gasteiger partial charge in [0.2, 0.25) is 0 Å². The molecule has 1 heterocycles. The van der Waals surface area contributed by atoms with Gasteiger partial charge in [0.05, 0.1) is 18.8 Å². The van der Waals surface area contributed by atoms with Crippen LogP contribution in [0, 0.1) is 5.92 Å². The molecule has 3 aliphatic carbocycles. The molecule has 6 nitrogen and oxygen atoms in total. The van der Waals surface area contributed by atoms with E-state index in [2.05, 4.69) is 16.2 Å². The van der Waals surface area contributed by atoms with E-state index in [1.54, 1.807) is 7.11 Å². The van der Waals surface area contributed by atoms with Gasteiger partial charge in [-0.15, -0.1) is 0 Å². The summed E-state index contributed by atoms with van der Waals surface area (Å²) in [6, 6.07) is 5.23. The van der Waals surface area contributed by atoms with Gasteiger partial charge in [0.25, 0.3) is 5.91 Å². The SMILES string of the molecule is COc1ccc2c(c1)C1CC(C1)C2C(N=C=S)C(=O)N1CCOC1=O. The molecule has 1 saturated heterocycles. The van der Waals surface area contributed by atoms with Crippen LogP contribution < -0.4 is 4.74 Å². The predicted octanol–water partition coefficient (Wildman–Crippen LogP) is 2.74. The molecule has 0 radical (unpaired) electrons. The van der Waals surface area contributed by atoms with Crippen LogP contribution in [0.5, 0.6) is 5.75 Å². The van der Waals surface area contributed by atoms with Gasteiger partial charge in [-0.1, -0.05) is 6.07 Å². The number of amides is 2. The van der Waals surface area contributed by atoms with Gasteiger partial charge in [0.15, 0.2) is 0 Å². The maximum absolute atomic E-state index is 13.0. The Morgan fingerprint density at radius 1 is 1.44 bits per heavy atom. The van der Waals surface area contributed by atoms with Crippen molar-refractivity contribution in [1.82, 2.24) is 4.90 Å². The Kier molecular flexibility index (Phi) is 4.06. The average molecular weight is 358 g/mol. The summed E-state index contributed by atoms with van der Waals surface area (Å²) in [4.78, 5) is 30.1. The maximum Gasteiger partial charge on any atom is 0.416 e. The summed E-state index contributed by atoms with van der Waals surface area (Å²) in [6.45, 7) is 0.485. The first-order valence-corrected chi connectivity index (χ1v) is 8.77. The summed E-state index contributed by atoms with van der Waals surface area (Å²) in [5, 5.41) is 2.36. The topological polar surface area (TPSA) is 68.2 Å². The van der Waals surface area contributed by atoms with E-state index in [-0.39, 0.29) is 25.0 Å². The Bertz CT molecular complexity index is 783. The summed E-state index contributed by atoms with van der Waals surface area (Å²) >= 11 is 4.79. The summed E-state index contributed by atoms with van der Waals surface area (Å²) in [7, 11) is 1.65. The first kappa shape index (κ1) is 16.2. The highest BCUT2D eigenvalue weighted by molar-refractivity contribution is 7.78. The zero-order chi connectivity index (χ0) is 17.6. The van der Waals surface area contributed by atoms with Crippen molar-refractivity contribution in [3.05, 3.63) is 29.3 Å². The molecule has 0 spiro atoms. The van der Waals surface area contributed by atoms with Crippen molar-refractivity contribution in [1.29, 1.82) is 0 Å². The van der Waals surface area contributed by atoms with Gasteiger partial charge in [-0.05, 0) is 60.2 Å². The molecule has 1 aliphatic heterocycles. The van der Waals surface area contributed by atoms with Crippen molar-refractivity contribution in [3.63, 3.8) is 0 Å². The fourth-order valence-electron chi connectivity index (χ4n) is 4.33. The number of hydrogen-bond acceptors (Lipinski definition) is 6. The Hall–Kier alpha value is -2.24. The number of carbonyl (C=O) groups excluding carboxylic acids is 2. The number of ether oxygens (including phenoxy) is 2. The minimum absolute atomic E-state index is 0.0951. The second-order valence-electron chi connectivity index (χ2n) is 6.72. The number of thiocarbonyl (C=S) groups is 1. The minimum atomic E-state index is -0.735. The largest absolute Gasteiger partial charge is 0.497 e. The van der Waals surface area contributed by atoms with Gasteiger partial charge in [-0.2, -0.15) is 0 Å². The fourth-order valence-corrected chi connectivity index (χ4v) is 4.44. The molecule has 2 amide bonds. The zero-order valence-corrected chi connectivity index (χ0v) is 14.6. The molecule has 2 bridgehead atoms. The maximum atomic E-state index is 13.0. The zero-order valence-electron chi connectivity index (χ0n) is 13.8. The molecule has 2 atom stereocenters. The van der Waals surface area contributed by atoms with Gasteiger partial charge in [0, 0.05) is 5.92 Å². The number of methoxy groups -OCH3 is 1. The van der Waals surface area contributed by atoms with Gasteiger partial charge < -0.3 is 9.47 Å². The van der Waals surface area contributed by atoms with Gasteiger partial charge in [0.1, 0.15) is 18.4 Å². The van der Waals surface area contributed by atoms with Crippen LogP contribution in [0.25, 0.3) is 0 Å². The molecule has 0 N–H and O–H groups in total. The number of benzene rings is 1. The number of imide groups is 1. The van der Waals surface area contributed by atoms with E-state index in [1.165, 1.54) is 5.56 Å². The van der Waals surface area contributed by atoms with E-state index in [0.29, 0.717) is 11.8 Å². The Balaban J connectivity index is 1.73. The third kappa shape index (κ3) is 2.55. The van der Waals surface area contributed by atoms with Crippen LogP contribution >= 0.6 is 12.2 Å². The standard InChI is InChI=1S/C18H18N2O4S/c1-23-12-2-3-13-14(8-12)10-6-11(7-10)15(13)16(19-9-25)17(21)20-4-5-24-18(20)22/h2-3,8,10-11,15-16H,4-7H2,1H3. The summed E-state index contributed by atoms with van der Waals surface area (Å²) in [6.07, 6.45) is 1.43. The molecule has 130 valence electrons. The van der Waals surface area contributed by atoms with Crippen LogP contribution in [0.3, 0.4) is 0 Å². The molecule has 1 aromatic rings. The molecule has 25 heavy (non-hydrogen) atoms. The molecule has 1 aromatic carbocycles. The van der Waals surface area contributed by atoms with Gasteiger partial charge in [-0.3, -0.25) is 4.79 Å². The summed E-state index contributed by atoms with van der Waals surface area (Å²) < 4.78 is 10.2. The van der Waals surface area contributed by atoms with Crippen molar-refractivity contribution in [2.24, 2.45) is 10.9 Å². The molecule has 2 fully saturated rings. The van der Waals surface area contributed by atoms with Crippen LogP contribution in [-0.2, 0) is 9.53 Å². The van der Waals surface area contributed by atoms with E-state index in [4.69, 9.17) is 21.7 Å². The number of hydrogen-bond donors (Lipinski definition) is 0. The number of isothiocyanates is 1. The smallest absolute Gasteiger partial charge is 0.416 e. The van der Waals surface area contributed by atoms with Gasteiger partial charge >= 0.3 is 6.09 Å². The number of rotatable bonds is 4. The van der Waals surface area contributed by atoms with Crippen molar-refractivity contribution in [2.45, 2.75) is 30.7 Å². The lowest BCUT2D eigenvalue weighted by atomic mass is 9.56. The highest BCUT2D eigenvalue weighted by Crippen LogP contribution is 2.57. The van der Waals surface area contributed by atoms with Crippen molar-refractivity contribution < 1.29 is 19.1 Å². The van der Waals surface area contributed by atoms with E-state index in [0.717, 1.165) is 29.1 Å². The highest BCUT2D eigenvalue weighted by atomic mass is 32.1. The van der Waals surface area contributed by atoms with Crippen LogP contribution in [0.2, 0.25) is 0 Å². The minimum Gasteiger partial charge on any atom is -0.497 e. The molecule has 0 aromatic heterocycles. The van der Waals surface area contributed by atoms with E-state index in [9.17, 15) is 9.59 Å².